The topological polar surface area (TPSA) is 36.9 Å². The lowest BCUT2D eigenvalue weighted by molar-refractivity contribution is -0.208. The van der Waals surface area contributed by atoms with E-state index in [0.29, 0.717) is 30.8 Å². The first-order chi connectivity index (χ1) is 14.0. The van der Waals surface area contributed by atoms with E-state index in [2.05, 4.69) is 52.8 Å². The Hall–Kier alpha value is -2.30. The largest absolute Gasteiger partial charge is 0.336 e. The van der Waals surface area contributed by atoms with Crippen molar-refractivity contribution in [2.24, 2.45) is 11.8 Å². The summed E-state index contributed by atoms with van der Waals surface area (Å²) in [5.41, 5.74) is 1.14. The SMILES string of the molecule is Cc1ccc2c(OOCCC(C)C)c3ccccc3c(OOCCC(C)C)c2c1. The van der Waals surface area contributed by atoms with Crippen molar-refractivity contribution < 1.29 is 19.6 Å². The van der Waals surface area contributed by atoms with E-state index in [1.165, 1.54) is 0 Å². The zero-order chi connectivity index (χ0) is 20.8. The van der Waals surface area contributed by atoms with Crippen LogP contribution in [0.3, 0.4) is 0 Å². The van der Waals surface area contributed by atoms with Gasteiger partial charge < -0.3 is 9.78 Å². The van der Waals surface area contributed by atoms with Crippen LogP contribution in [0.15, 0.2) is 42.5 Å². The second-order valence-electron chi connectivity index (χ2n) is 8.43. The van der Waals surface area contributed by atoms with E-state index in [0.717, 1.165) is 45.7 Å². The molecular formula is C25H32O4. The highest BCUT2D eigenvalue weighted by Crippen LogP contribution is 2.43. The molecule has 0 heterocycles. The molecule has 4 nitrogen and oxygen atoms in total. The molecule has 3 aromatic carbocycles. The van der Waals surface area contributed by atoms with Gasteiger partial charge in [-0.25, -0.2) is 0 Å². The Morgan fingerprint density at radius 2 is 1.14 bits per heavy atom. The fourth-order valence-corrected chi connectivity index (χ4v) is 3.16. The quantitative estimate of drug-likeness (QED) is 0.160. The average Bonchev–Trinajstić information content (AvgIpc) is 2.68. The molecule has 0 radical (unpaired) electrons. The molecule has 3 aromatic rings. The molecule has 0 unspecified atom stereocenters. The second-order valence-corrected chi connectivity index (χ2v) is 8.43. The minimum atomic E-state index is 0.551. The zero-order valence-corrected chi connectivity index (χ0v) is 18.2. The first-order valence-corrected chi connectivity index (χ1v) is 10.5. The molecule has 156 valence electrons. The van der Waals surface area contributed by atoms with Crippen molar-refractivity contribution in [3.05, 3.63) is 48.0 Å². The molecule has 4 heteroatoms. The van der Waals surface area contributed by atoms with Gasteiger partial charge in [-0.15, -0.1) is 0 Å². The molecule has 0 saturated heterocycles. The summed E-state index contributed by atoms with van der Waals surface area (Å²) in [6.07, 6.45) is 1.89. The number of aryl methyl sites for hydroxylation is 1. The number of hydrogen-bond donors (Lipinski definition) is 0. The van der Waals surface area contributed by atoms with Crippen molar-refractivity contribution in [1.29, 1.82) is 0 Å². The van der Waals surface area contributed by atoms with Crippen molar-refractivity contribution in [1.82, 2.24) is 0 Å². The highest BCUT2D eigenvalue weighted by Gasteiger charge is 2.18. The van der Waals surface area contributed by atoms with Gasteiger partial charge in [-0.05, 0) is 37.7 Å². The summed E-state index contributed by atoms with van der Waals surface area (Å²) in [6, 6.07) is 14.3. The molecule has 0 N–H and O–H groups in total. The van der Waals surface area contributed by atoms with Gasteiger partial charge in [-0.3, -0.25) is 0 Å². The van der Waals surface area contributed by atoms with Gasteiger partial charge in [0.1, 0.15) is 0 Å². The summed E-state index contributed by atoms with van der Waals surface area (Å²) in [5, 5.41) is 3.78. The van der Waals surface area contributed by atoms with Gasteiger partial charge in [0.15, 0.2) is 11.5 Å². The Labute approximate surface area is 173 Å². The Balaban J connectivity index is 2.01. The minimum Gasteiger partial charge on any atom is -0.336 e. The maximum absolute atomic E-state index is 5.85. The monoisotopic (exact) mass is 396 g/mol. The lowest BCUT2D eigenvalue weighted by Crippen LogP contribution is -2.05. The summed E-state index contributed by atoms with van der Waals surface area (Å²) >= 11 is 0. The normalized spacial score (nSPS) is 11.7. The van der Waals surface area contributed by atoms with Crippen LogP contribution in [0.5, 0.6) is 11.5 Å². The lowest BCUT2D eigenvalue weighted by Gasteiger charge is -2.16. The predicted octanol–water partition coefficient (Wildman–Crippen LogP) is 7.01. The molecule has 0 aliphatic carbocycles. The molecule has 0 fully saturated rings. The van der Waals surface area contributed by atoms with Gasteiger partial charge >= 0.3 is 0 Å². The van der Waals surface area contributed by atoms with Crippen molar-refractivity contribution >= 4 is 21.5 Å². The zero-order valence-electron chi connectivity index (χ0n) is 18.2. The third-order valence-electron chi connectivity index (χ3n) is 4.92. The highest BCUT2D eigenvalue weighted by atomic mass is 17.2. The summed E-state index contributed by atoms with van der Waals surface area (Å²) < 4.78 is 0. The molecular weight excluding hydrogens is 364 g/mol. The Kier molecular flexibility index (Phi) is 7.34. The molecule has 0 saturated carbocycles. The van der Waals surface area contributed by atoms with Crippen LogP contribution >= 0.6 is 0 Å². The van der Waals surface area contributed by atoms with Gasteiger partial charge in [0.05, 0.1) is 13.2 Å². The molecule has 0 aromatic heterocycles. The van der Waals surface area contributed by atoms with Crippen LogP contribution in [-0.2, 0) is 9.78 Å². The van der Waals surface area contributed by atoms with Gasteiger partial charge in [-0.2, -0.15) is 9.78 Å². The summed E-state index contributed by atoms with van der Waals surface area (Å²) in [4.78, 5) is 22.8. The van der Waals surface area contributed by atoms with Crippen molar-refractivity contribution in [2.45, 2.75) is 47.5 Å². The molecule has 3 rings (SSSR count). The Morgan fingerprint density at radius 1 is 0.655 bits per heavy atom. The Morgan fingerprint density at radius 3 is 1.66 bits per heavy atom. The predicted molar refractivity (Wildman–Crippen MR) is 118 cm³/mol. The number of rotatable bonds is 10. The lowest BCUT2D eigenvalue weighted by atomic mass is 9.99. The standard InChI is InChI=1S/C25H32O4/c1-17(2)12-14-26-28-24-20-8-6-7-9-21(20)25(29-27-15-13-18(3)4)23-16-19(5)10-11-22(23)24/h6-11,16-18H,12-15H2,1-5H3. The third kappa shape index (κ3) is 5.40. The smallest absolute Gasteiger partial charge is 0.181 e. The van der Waals surface area contributed by atoms with Crippen LogP contribution in [0, 0.1) is 18.8 Å². The van der Waals surface area contributed by atoms with E-state index >= 15 is 0 Å². The molecule has 0 spiro atoms. The van der Waals surface area contributed by atoms with Crippen LogP contribution in [0.25, 0.3) is 21.5 Å². The van der Waals surface area contributed by atoms with E-state index in [4.69, 9.17) is 19.6 Å². The molecule has 0 atom stereocenters. The van der Waals surface area contributed by atoms with Crippen molar-refractivity contribution in [3.8, 4) is 11.5 Å². The van der Waals surface area contributed by atoms with Crippen LogP contribution < -0.4 is 9.78 Å². The van der Waals surface area contributed by atoms with Crippen LogP contribution in [0.2, 0.25) is 0 Å². The maximum Gasteiger partial charge on any atom is 0.181 e. The van der Waals surface area contributed by atoms with E-state index in [1.54, 1.807) is 0 Å². The van der Waals surface area contributed by atoms with E-state index in [1.807, 2.05) is 24.3 Å². The minimum absolute atomic E-state index is 0.551. The first kappa shape index (κ1) is 21.4. The fourth-order valence-electron chi connectivity index (χ4n) is 3.16. The van der Waals surface area contributed by atoms with Crippen molar-refractivity contribution in [3.63, 3.8) is 0 Å². The average molecular weight is 397 g/mol. The summed E-state index contributed by atoms with van der Waals surface area (Å²) in [5.74, 6) is 2.56. The number of hydrogen-bond acceptors (Lipinski definition) is 4. The summed E-state index contributed by atoms with van der Waals surface area (Å²) in [7, 11) is 0. The van der Waals surface area contributed by atoms with E-state index in [-0.39, 0.29) is 0 Å². The van der Waals surface area contributed by atoms with Gasteiger partial charge in [-0.1, -0.05) is 69.7 Å². The molecule has 0 aliphatic rings. The molecule has 29 heavy (non-hydrogen) atoms. The number of fused-ring (bicyclic) bond motifs is 2. The maximum atomic E-state index is 5.85. The first-order valence-electron chi connectivity index (χ1n) is 10.5. The molecule has 0 aliphatic heterocycles. The third-order valence-corrected chi connectivity index (χ3v) is 4.92. The summed E-state index contributed by atoms with van der Waals surface area (Å²) in [6.45, 7) is 11.8. The highest BCUT2D eigenvalue weighted by molar-refractivity contribution is 6.11. The van der Waals surface area contributed by atoms with Crippen molar-refractivity contribution in [2.75, 3.05) is 13.2 Å². The van der Waals surface area contributed by atoms with Crippen LogP contribution in [0.1, 0.15) is 46.1 Å². The van der Waals surface area contributed by atoms with Gasteiger partial charge in [0.25, 0.3) is 0 Å². The second kappa shape index (κ2) is 9.95. The fraction of sp³-hybridized carbons (Fsp3) is 0.440. The van der Waals surface area contributed by atoms with Gasteiger partial charge in [0.2, 0.25) is 0 Å². The number of benzene rings is 3. The molecule has 0 bridgehead atoms. The van der Waals surface area contributed by atoms with E-state index < -0.39 is 0 Å². The van der Waals surface area contributed by atoms with E-state index in [9.17, 15) is 0 Å². The molecule has 0 amide bonds. The Bertz CT molecular complexity index is 946. The van der Waals surface area contributed by atoms with Crippen LogP contribution in [0.4, 0.5) is 0 Å². The van der Waals surface area contributed by atoms with Gasteiger partial charge in [0, 0.05) is 21.5 Å². The van der Waals surface area contributed by atoms with Crippen LogP contribution in [-0.4, -0.2) is 13.2 Å².